The standard InChI is InChI=1S/C13H20ClN3/c1-3-11-12(14)15-8-16-13(11)17-9(2)10-6-4-5-7-10/h8-10H,3-7H2,1-2H3,(H,15,16,17). The van der Waals surface area contributed by atoms with E-state index in [1.54, 1.807) is 0 Å². The van der Waals surface area contributed by atoms with Gasteiger partial charge in [-0.1, -0.05) is 31.4 Å². The Bertz CT molecular complexity index is 375. The largest absolute Gasteiger partial charge is 0.367 e. The van der Waals surface area contributed by atoms with Gasteiger partial charge < -0.3 is 5.32 Å². The lowest BCUT2D eigenvalue weighted by atomic mass is 9.99. The molecule has 1 unspecified atom stereocenters. The van der Waals surface area contributed by atoms with Crippen molar-refractivity contribution in [1.82, 2.24) is 9.97 Å². The van der Waals surface area contributed by atoms with Gasteiger partial charge in [-0.2, -0.15) is 0 Å². The van der Waals surface area contributed by atoms with E-state index in [-0.39, 0.29) is 0 Å². The van der Waals surface area contributed by atoms with E-state index < -0.39 is 0 Å². The van der Waals surface area contributed by atoms with E-state index in [0.717, 1.165) is 23.7 Å². The summed E-state index contributed by atoms with van der Waals surface area (Å²) in [6.45, 7) is 4.32. The number of hydrogen-bond donors (Lipinski definition) is 1. The lowest BCUT2D eigenvalue weighted by molar-refractivity contribution is 0.480. The molecule has 1 aromatic heterocycles. The molecule has 0 amide bonds. The molecule has 0 bridgehead atoms. The Hall–Kier alpha value is -0.830. The Morgan fingerprint density at radius 2 is 2.12 bits per heavy atom. The monoisotopic (exact) mass is 253 g/mol. The van der Waals surface area contributed by atoms with Crippen molar-refractivity contribution in [3.63, 3.8) is 0 Å². The highest BCUT2D eigenvalue weighted by Crippen LogP contribution is 2.30. The molecular weight excluding hydrogens is 234 g/mol. The molecule has 0 aliphatic heterocycles. The minimum absolute atomic E-state index is 0.466. The number of nitrogens with zero attached hydrogens (tertiary/aromatic N) is 2. The van der Waals surface area contributed by atoms with Crippen LogP contribution in [0.3, 0.4) is 0 Å². The highest BCUT2D eigenvalue weighted by atomic mass is 35.5. The third-order valence-electron chi connectivity index (χ3n) is 3.72. The van der Waals surface area contributed by atoms with Crippen molar-refractivity contribution >= 4 is 17.4 Å². The Morgan fingerprint density at radius 3 is 2.76 bits per heavy atom. The second-order valence-electron chi connectivity index (χ2n) is 4.82. The van der Waals surface area contributed by atoms with E-state index in [9.17, 15) is 0 Å². The van der Waals surface area contributed by atoms with Crippen molar-refractivity contribution < 1.29 is 0 Å². The average molecular weight is 254 g/mol. The maximum absolute atomic E-state index is 6.08. The van der Waals surface area contributed by atoms with Gasteiger partial charge in [-0.25, -0.2) is 9.97 Å². The van der Waals surface area contributed by atoms with Crippen LogP contribution in [0.5, 0.6) is 0 Å². The summed E-state index contributed by atoms with van der Waals surface area (Å²) in [6, 6.07) is 0.466. The number of anilines is 1. The molecule has 1 atom stereocenters. The lowest BCUT2D eigenvalue weighted by Gasteiger charge is -2.22. The van der Waals surface area contributed by atoms with Crippen LogP contribution >= 0.6 is 11.6 Å². The molecule has 1 aromatic rings. The molecule has 1 aliphatic rings. The van der Waals surface area contributed by atoms with Gasteiger partial charge in [0.25, 0.3) is 0 Å². The molecule has 1 saturated carbocycles. The summed E-state index contributed by atoms with van der Waals surface area (Å²) in [4.78, 5) is 8.34. The van der Waals surface area contributed by atoms with Crippen molar-refractivity contribution in [1.29, 1.82) is 0 Å². The summed E-state index contributed by atoms with van der Waals surface area (Å²) in [5.41, 5.74) is 1.03. The molecular formula is C13H20ClN3. The topological polar surface area (TPSA) is 37.8 Å². The Morgan fingerprint density at radius 1 is 1.41 bits per heavy atom. The molecule has 1 N–H and O–H groups in total. The van der Waals surface area contributed by atoms with Gasteiger partial charge in [-0.15, -0.1) is 0 Å². The van der Waals surface area contributed by atoms with Gasteiger partial charge in [0.05, 0.1) is 0 Å². The first-order chi connectivity index (χ1) is 8.22. The quantitative estimate of drug-likeness (QED) is 0.832. The zero-order chi connectivity index (χ0) is 12.3. The number of halogens is 1. The minimum atomic E-state index is 0.466. The van der Waals surface area contributed by atoms with E-state index in [1.165, 1.54) is 32.0 Å². The zero-order valence-electron chi connectivity index (χ0n) is 10.5. The highest BCUT2D eigenvalue weighted by Gasteiger charge is 2.22. The van der Waals surface area contributed by atoms with Crippen LogP contribution in [0.25, 0.3) is 0 Å². The van der Waals surface area contributed by atoms with Crippen LogP contribution in [-0.4, -0.2) is 16.0 Å². The first-order valence-electron chi connectivity index (χ1n) is 6.48. The fraction of sp³-hybridized carbons (Fsp3) is 0.692. The molecule has 94 valence electrons. The van der Waals surface area contributed by atoms with Crippen LogP contribution in [0.4, 0.5) is 5.82 Å². The van der Waals surface area contributed by atoms with Gasteiger partial charge in [-0.05, 0) is 32.1 Å². The fourth-order valence-corrected chi connectivity index (χ4v) is 2.89. The van der Waals surface area contributed by atoms with Crippen LogP contribution in [0.15, 0.2) is 6.33 Å². The first-order valence-corrected chi connectivity index (χ1v) is 6.86. The smallest absolute Gasteiger partial charge is 0.137 e. The molecule has 4 heteroatoms. The molecule has 0 aromatic carbocycles. The van der Waals surface area contributed by atoms with Crippen molar-refractivity contribution in [3.8, 4) is 0 Å². The first kappa shape index (κ1) is 12.6. The van der Waals surface area contributed by atoms with Crippen molar-refractivity contribution in [2.24, 2.45) is 5.92 Å². The Labute approximate surface area is 108 Å². The van der Waals surface area contributed by atoms with Crippen molar-refractivity contribution in [2.75, 3.05) is 5.32 Å². The van der Waals surface area contributed by atoms with Crippen LogP contribution < -0.4 is 5.32 Å². The summed E-state index contributed by atoms with van der Waals surface area (Å²) in [6.07, 6.45) is 7.77. The molecule has 3 nitrogen and oxygen atoms in total. The number of hydrogen-bond acceptors (Lipinski definition) is 3. The number of aromatic nitrogens is 2. The molecule has 1 fully saturated rings. The van der Waals surface area contributed by atoms with Gasteiger partial charge in [0, 0.05) is 11.6 Å². The molecule has 0 radical (unpaired) electrons. The van der Waals surface area contributed by atoms with Gasteiger partial charge >= 0.3 is 0 Å². The van der Waals surface area contributed by atoms with E-state index in [0.29, 0.717) is 11.2 Å². The minimum Gasteiger partial charge on any atom is -0.367 e. The molecule has 0 spiro atoms. The molecule has 1 heterocycles. The maximum atomic E-state index is 6.08. The van der Waals surface area contributed by atoms with E-state index in [1.807, 2.05) is 0 Å². The van der Waals surface area contributed by atoms with Crippen LogP contribution in [-0.2, 0) is 6.42 Å². The number of rotatable bonds is 4. The summed E-state index contributed by atoms with van der Waals surface area (Å²) < 4.78 is 0. The normalized spacial score (nSPS) is 18.3. The summed E-state index contributed by atoms with van der Waals surface area (Å²) in [5, 5.41) is 4.08. The lowest BCUT2D eigenvalue weighted by Crippen LogP contribution is -2.25. The Kier molecular flexibility index (Phi) is 4.21. The predicted octanol–water partition coefficient (Wildman–Crippen LogP) is 3.68. The summed E-state index contributed by atoms with van der Waals surface area (Å²) >= 11 is 6.08. The van der Waals surface area contributed by atoms with Crippen molar-refractivity contribution in [2.45, 2.75) is 52.0 Å². The van der Waals surface area contributed by atoms with Gasteiger partial charge in [0.15, 0.2) is 0 Å². The third kappa shape index (κ3) is 2.89. The van der Waals surface area contributed by atoms with E-state index >= 15 is 0 Å². The van der Waals surface area contributed by atoms with E-state index in [2.05, 4.69) is 29.1 Å². The fourth-order valence-electron chi connectivity index (χ4n) is 2.62. The SMILES string of the molecule is CCc1c(Cl)ncnc1NC(C)C1CCCC1. The van der Waals surface area contributed by atoms with Crippen LogP contribution in [0.1, 0.15) is 45.1 Å². The van der Waals surface area contributed by atoms with E-state index in [4.69, 9.17) is 11.6 Å². The predicted molar refractivity (Wildman–Crippen MR) is 71.5 cm³/mol. The number of nitrogens with one attached hydrogen (secondary N) is 1. The molecule has 2 rings (SSSR count). The van der Waals surface area contributed by atoms with Crippen LogP contribution in [0, 0.1) is 5.92 Å². The molecule has 17 heavy (non-hydrogen) atoms. The summed E-state index contributed by atoms with van der Waals surface area (Å²) in [5.74, 6) is 1.68. The summed E-state index contributed by atoms with van der Waals surface area (Å²) in [7, 11) is 0. The maximum Gasteiger partial charge on any atom is 0.137 e. The highest BCUT2D eigenvalue weighted by molar-refractivity contribution is 6.30. The van der Waals surface area contributed by atoms with Gasteiger partial charge in [0.1, 0.15) is 17.3 Å². The molecule has 1 aliphatic carbocycles. The zero-order valence-corrected chi connectivity index (χ0v) is 11.3. The van der Waals surface area contributed by atoms with Gasteiger partial charge in [-0.3, -0.25) is 0 Å². The second kappa shape index (κ2) is 5.67. The van der Waals surface area contributed by atoms with Crippen LogP contribution in [0.2, 0.25) is 5.15 Å². The average Bonchev–Trinajstić information content (AvgIpc) is 2.82. The van der Waals surface area contributed by atoms with Crippen molar-refractivity contribution in [3.05, 3.63) is 17.0 Å². The second-order valence-corrected chi connectivity index (χ2v) is 5.18. The van der Waals surface area contributed by atoms with Gasteiger partial charge in [0.2, 0.25) is 0 Å². The Balaban J connectivity index is 2.09. The molecule has 0 saturated heterocycles. The third-order valence-corrected chi connectivity index (χ3v) is 4.04.